The Morgan fingerprint density at radius 1 is 1.48 bits per heavy atom. The molecule has 3 N–H and O–H groups in total. The van der Waals surface area contributed by atoms with Crippen LogP contribution in [0.3, 0.4) is 0 Å². The summed E-state index contributed by atoms with van der Waals surface area (Å²) in [6.45, 7) is 1.49. The average molecular weight is 322 g/mol. The van der Waals surface area contributed by atoms with E-state index >= 15 is 0 Å². The van der Waals surface area contributed by atoms with Gasteiger partial charge in [0.25, 0.3) is 11.6 Å². The van der Waals surface area contributed by atoms with E-state index in [1.165, 1.54) is 31.1 Å². The molecule has 0 aromatic heterocycles. The molecule has 0 saturated heterocycles. The third-order valence-electron chi connectivity index (χ3n) is 2.82. The van der Waals surface area contributed by atoms with E-state index in [9.17, 15) is 24.5 Å². The molecule has 1 aromatic carbocycles. The summed E-state index contributed by atoms with van der Waals surface area (Å²) >= 11 is 0. The first-order valence-electron chi connectivity index (χ1n) is 6.39. The number of nitro benzene ring substituents is 1. The van der Waals surface area contributed by atoms with Gasteiger partial charge in [0, 0.05) is 12.1 Å². The molecule has 1 unspecified atom stereocenters. The van der Waals surface area contributed by atoms with Crippen molar-refractivity contribution in [1.82, 2.24) is 16.0 Å². The van der Waals surface area contributed by atoms with Crippen molar-refractivity contribution in [2.24, 2.45) is 0 Å². The van der Waals surface area contributed by atoms with Gasteiger partial charge in [0.2, 0.25) is 0 Å². The molecule has 1 rings (SSSR count). The maximum absolute atomic E-state index is 12.0. The van der Waals surface area contributed by atoms with Gasteiger partial charge in [-0.25, -0.2) is 14.6 Å². The second kappa shape index (κ2) is 8.27. The number of nitrogens with zero attached hydrogens (tertiary/aromatic N) is 2. The minimum absolute atomic E-state index is 0.0736. The first kappa shape index (κ1) is 17.8. The van der Waals surface area contributed by atoms with Crippen molar-refractivity contribution in [2.45, 2.75) is 19.4 Å². The highest BCUT2D eigenvalue weighted by Gasteiger charge is 2.22. The van der Waals surface area contributed by atoms with Crippen LogP contribution < -0.4 is 11.0 Å². The van der Waals surface area contributed by atoms with Gasteiger partial charge in [-0.3, -0.25) is 20.3 Å². The van der Waals surface area contributed by atoms with Gasteiger partial charge < -0.3 is 5.11 Å². The van der Waals surface area contributed by atoms with E-state index in [-0.39, 0.29) is 12.0 Å². The molecule has 0 fully saturated rings. The van der Waals surface area contributed by atoms with Crippen LogP contribution in [0.15, 0.2) is 30.3 Å². The largest absolute Gasteiger partial charge is 0.464 e. The Bertz CT molecular complexity index is 656. The Labute approximate surface area is 130 Å². The summed E-state index contributed by atoms with van der Waals surface area (Å²) in [7, 11) is 0. The molecular formula is C13H14N4O6. The topological polar surface area (TPSA) is 142 Å². The fraction of sp³-hybridized carbons (Fsp3) is 0.231. The molecule has 1 aromatic rings. The Balaban J connectivity index is 2.82. The third-order valence-corrected chi connectivity index (χ3v) is 2.82. The highest BCUT2D eigenvalue weighted by atomic mass is 16.6. The summed E-state index contributed by atoms with van der Waals surface area (Å²) in [4.78, 5) is 43.4. The number of hydrogen-bond donors (Lipinski definition) is 3. The molecule has 0 heterocycles. The monoisotopic (exact) mass is 322 g/mol. The SMILES string of the molecule is CC(CC=C=O)N(NNC(=O)c1ccccc1[N+](=O)[O-])C(=O)O. The van der Waals surface area contributed by atoms with Crippen molar-refractivity contribution < 1.29 is 24.4 Å². The number of hydrogen-bond acceptors (Lipinski definition) is 6. The summed E-state index contributed by atoms with van der Waals surface area (Å²) in [5, 5.41) is 20.6. The number of benzene rings is 1. The van der Waals surface area contributed by atoms with Crippen LogP contribution in [-0.2, 0) is 4.79 Å². The van der Waals surface area contributed by atoms with Gasteiger partial charge in [0.05, 0.1) is 11.0 Å². The highest BCUT2D eigenvalue weighted by Crippen LogP contribution is 2.17. The zero-order valence-electron chi connectivity index (χ0n) is 12.1. The number of hydrazine groups is 2. The molecular weight excluding hydrogens is 308 g/mol. The normalized spacial score (nSPS) is 11.0. The van der Waals surface area contributed by atoms with Crippen LogP contribution in [0.1, 0.15) is 23.7 Å². The van der Waals surface area contributed by atoms with Gasteiger partial charge in [0.15, 0.2) is 0 Å². The number of rotatable bonds is 7. The van der Waals surface area contributed by atoms with Crippen LogP contribution in [0.4, 0.5) is 10.5 Å². The van der Waals surface area contributed by atoms with E-state index in [0.29, 0.717) is 5.01 Å². The number of carboxylic acid groups (broad SMARTS) is 1. The Hall–Kier alpha value is -3.23. The highest BCUT2D eigenvalue weighted by molar-refractivity contribution is 5.97. The summed E-state index contributed by atoms with van der Waals surface area (Å²) in [5.41, 5.74) is 3.59. The van der Waals surface area contributed by atoms with Crippen molar-refractivity contribution in [3.05, 3.63) is 46.0 Å². The van der Waals surface area contributed by atoms with Crippen LogP contribution in [-0.4, -0.2) is 39.0 Å². The minimum atomic E-state index is -1.40. The van der Waals surface area contributed by atoms with E-state index < -0.39 is 28.7 Å². The number of amides is 2. The zero-order valence-corrected chi connectivity index (χ0v) is 12.1. The van der Waals surface area contributed by atoms with Crippen molar-refractivity contribution in [1.29, 1.82) is 0 Å². The minimum Gasteiger partial charge on any atom is -0.464 e. The predicted molar refractivity (Wildman–Crippen MR) is 77.9 cm³/mol. The van der Waals surface area contributed by atoms with E-state index in [1.54, 1.807) is 0 Å². The maximum Gasteiger partial charge on any atom is 0.423 e. The van der Waals surface area contributed by atoms with Crippen molar-refractivity contribution in [2.75, 3.05) is 0 Å². The van der Waals surface area contributed by atoms with Gasteiger partial charge in [-0.1, -0.05) is 12.1 Å². The predicted octanol–water partition coefficient (Wildman–Crippen LogP) is 0.891. The Morgan fingerprint density at radius 3 is 2.70 bits per heavy atom. The third kappa shape index (κ3) is 4.92. The number of para-hydroxylation sites is 1. The first-order chi connectivity index (χ1) is 10.9. The molecule has 10 nitrogen and oxygen atoms in total. The molecule has 2 amide bonds. The lowest BCUT2D eigenvalue weighted by Crippen LogP contribution is -2.55. The molecule has 0 spiro atoms. The fourth-order valence-electron chi connectivity index (χ4n) is 1.67. The number of carbonyl (C=O) groups excluding carboxylic acids is 2. The van der Waals surface area contributed by atoms with Gasteiger partial charge in [-0.15, -0.1) is 5.53 Å². The molecule has 0 aliphatic heterocycles. The molecule has 1 atom stereocenters. The van der Waals surface area contributed by atoms with E-state index in [1.807, 2.05) is 0 Å². The quantitative estimate of drug-likeness (QED) is 0.384. The first-order valence-corrected chi connectivity index (χ1v) is 6.39. The molecule has 0 aliphatic carbocycles. The van der Waals surface area contributed by atoms with Crippen LogP contribution in [0, 0.1) is 10.1 Å². The molecule has 0 aliphatic rings. The molecule has 0 bridgehead atoms. The number of carbonyl (C=O) groups is 2. The van der Waals surface area contributed by atoms with Gasteiger partial charge in [-0.2, -0.15) is 0 Å². The summed E-state index contributed by atoms with van der Waals surface area (Å²) in [6.07, 6.45) is -0.226. The van der Waals surface area contributed by atoms with Gasteiger partial charge >= 0.3 is 6.09 Å². The average Bonchev–Trinajstić information content (AvgIpc) is 2.52. The molecule has 122 valence electrons. The summed E-state index contributed by atoms with van der Waals surface area (Å²) in [6, 6.07) is 4.55. The smallest absolute Gasteiger partial charge is 0.423 e. The van der Waals surface area contributed by atoms with Crippen LogP contribution in [0.2, 0.25) is 0 Å². The van der Waals surface area contributed by atoms with E-state index in [4.69, 9.17) is 5.11 Å². The maximum atomic E-state index is 12.0. The molecule has 10 heteroatoms. The summed E-state index contributed by atoms with van der Waals surface area (Å²) < 4.78 is 0. The number of nitro groups is 1. The molecule has 0 radical (unpaired) electrons. The summed E-state index contributed by atoms with van der Waals surface area (Å²) in [5.74, 6) is 0.645. The van der Waals surface area contributed by atoms with Crippen LogP contribution >= 0.6 is 0 Å². The second-order valence-corrected chi connectivity index (χ2v) is 4.40. The molecule has 23 heavy (non-hydrogen) atoms. The Kier molecular flexibility index (Phi) is 6.41. The number of nitrogens with one attached hydrogen (secondary N) is 2. The lowest BCUT2D eigenvalue weighted by Gasteiger charge is -2.25. The van der Waals surface area contributed by atoms with Crippen molar-refractivity contribution in [3.8, 4) is 0 Å². The van der Waals surface area contributed by atoms with Gasteiger partial charge in [0.1, 0.15) is 11.5 Å². The fourth-order valence-corrected chi connectivity index (χ4v) is 1.67. The van der Waals surface area contributed by atoms with E-state index in [2.05, 4.69) is 11.0 Å². The second-order valence-electron chi connectivity index (χ2n) is 4.40. The van der Waals surface area contributed by atoms with Crippen molar-refractivity contribution in [3.63, 3.8) is 0 Å². The lowest BCUT2D eigenvalue weighted by atomic mass is 10.2. The van der Waals surface area contributed by atoms with Crippen LogP contribution in [0.5, 0.6) is 0 Å². The molecule has 0 saturated carbocycles. The van der Waals surface area contributed by atoms with Crippen LogP contribution in [0.25, 0.3) is 0 Å². The van der Waals surface area contributed by atoms with E-state index in [0.717, 1.165) is 12.1 Å². The zero-order chi connectivity index (χ0) is 17.4. The Morgan fingerprint density at radius 2 is 2.13 bits per heavy atom. The van der Waals surface area contributed by atoms with Gasteiger partial charge in [-0.05, 0) is 19.4 Å². The van der Waals surface area contributed by atoms with Crippen molar-refractivity contribution >= 4 is 23.6 Å². The lowest BCUT2D eigenvalue weighted by molar-refractivity contribution is -0.385. The standard InChI is InChI=1S/C13H14N4O6/c1-9(5-4-8-18)16(13(20)21)15-14-12(19)10-6-2-3-7-11(10)17(22)23/h2-4,6-7,9,15H,5H2,1H3,(H,14,19)(H,20,21).